The molecule has 0 spiro atoms. The molecule has 2 aromatic rings. The van der Waals surface area contributed by atoms with Gasteiger partial charge in [0.25, 0.3) is 0 Å². The molecular formula is C25H28N2O5. The molecule has 168 valence electrons. The summed E-state index contributed by atoms with van der Waals surface area (Å²) in [5, 5.41) is 0. The highest BCUT2D eigenvalue weighted by Crippen LogP contribution is 2.30. The van der Waals surface area contributed by atoms with E-state index in [1.54, 1.807) is 6.92 Å². The summed E-state index contributed by atoms with van der Waals surface area (Å²) in [6, 6.07) is 19.2. The third-order valence-electron chi connectivity index (χ3n) is 6.06. The van der Waals surface area contributed by atoms with Crippen molar-refractivity contribution in [1.82, 2.24) is 9.80 Å². The van der Waals surface area contributed by atoms with Crippen LogP contribution in [0.3, 0.4) is 0 Å². The predicted molar refractivity (Wildman–Crippen MR) is 117 cm³/mol. The minimum atomic E-state index is -0.651. The SMILES string of the molecule is CCOC(=O)[C@H]1CN(Cc2ccccc2)C[C@@H]1C(=O)N1C(=O)OC[C@H]1Cc1ccccc1. The molecule has 0 saturated carbocycles. The second-order valence-corrected chi connectivity index (χ2v) is 8.27. The van der Waals surface area contributed by atoms with E-state index in [9.17, 15) is 14.4 Å². The van der Waals surface area contributed by atoms with Gasteiger partial charge in [-0.15, -0.1) is 0 Å². The molecule has 0 bridgehead atoms. The van der Waals surface area contributed by atoms with Crippen LogP contribution in [-0.2, 0) is 32.0 Å². The summed E-state index contributed by atoms with van der Waals surface area (Å²) in [6.07, 6.45) is -0.122. The van der Waals surface area contributed by atoms with Crippen LogP contribution >= 0.6 is 0 Å². The summed E-state index contributed by atoms with van der Waals surface area (Å²) in [6.45, 7) is 3.58. The minimum Gasteiger partial charge on any atom is -0.466 e. The average Bonchev–Trinajstić information content (AvgIpc) is 3.38. The van der Waals surface area contributed by atoms with E-state index < -0.39 is 23.9 Å². The molecule has 0 aromatic heterocycles. The van der Waals surface area contributed by atoms with Crippen LogP contribution in [0.4, 0.5) is 4.79 Å². The third kappa shape index (κ3) is 4.83. The molecule has 2 aliphatic heterocycles. The second kappa shape index (κ2) is 9.96. The first-order valence-electron chi connectivity index (χ1n) is 11.0. The molecule has 0 radical (unpaired) electrons. The predicted octanol–water partition coefficient (Wildman–Crippen LogP) is 2.89. The van der Waals surface area contributed by atoms with Crippen molar-refractivity contribution in [2.24, 2.45) is 11.8 Å². The van der Waals surface area contributed by atoms with Gasteiger partial charge in [0.05, 0.1) is 24.5 Å². The molecule has 2 saturated heterocycles. The Morgan fingerprint density at radius 3 is 2.25 bits per heavy atom. The lowest BCUT2D eigenvalue weighted by atomic mass is 9.93. The molecule has 0 unspecified atom stereocenters. The molecule has 2 aromatic carbocycles. The molecule has 4 rings (SSSR count). The highest BCUT2D eigenvalue weighted by atomic mass is 16.6. The van der Waals surface area contributed by atoms with Gasteiger partial charge >= 0.3 is 12.1 Å². The number of hydrogen-bond donors (Lipinski definition) is 0. The Labute approximate surface area is 187 Å². The lowest BCUT2D eigenvalue weighted by Crippen LogP contribution is -2.46. The topological polar surface area (TPSA) is 76.2 Å². The van der Waals surface area contributed by atoms with E-state index in [2.05, 4.69) is 4.90 Å². The summed E-state index contributed by atoms with van der Waals surface area (Å²) in [5.74, 6) is -2.02. The van der Waals surface area contributed by atoms with E-state index in [1.807, 2.05) is 60.7 Å². The van der Waals surface area contributed by atoms with E-state index in [4.69, 9.17) is 9.47 Å². The fourth-order valence-corrected chi connectivity index (χ4v) is 4.54. The van der Waals surface area contributed by atoms with Gasteiger partial charge in [-0.2, -0.15) is 0 Å². The van der Waals surface area contributed by atoms with Gasteiger partial charge in [0.15, 0.2) is 0 Å². The number of esters is 1. The molecule has 32 heavy (non-hydrogen) atoms. The maximum Gasteiger partial charge on any atom is 0.416 e. The first-order valence-corrected chi connectivity index (χ1v) is 11.0. The van der Waals surface area contributed by atoms with Crippen LogP contribution in [0.15, 0.2) is 60.7 Å². The monoisotopic (exact) mass is 436 g/mol. The van der Waals surface area contributed by atoms with Crippen LogP contribution in [0.5, 0.6) is 0 Å². The van der Waals surface area contributed by atoms with Crippen molar-refractivity contribution in [3.8, 4) is 0 Å². The van der Waals surface area contributed by atoms with Gasteiger partial charge < -0.3 is 9.47 Å². The Bertz CT molecular complexity index is 949. The second-order valence-electron chi connectivity index (χ2n) is 8.27. The maximum absolute atomic E-state index is 13.6. The fraction of sp³-hybridized carbons (Fsp3) is 0.400. The van der Waals surface area contributed by atoms with Crippen molar-refractivity contribution in [3.63, 3.8) is 0 Å². The molecule has 2 heterocycles. The maximum atomic E-state index is 13.6. The van der Waals surface area contributed by atoms with Gasteiger partial charge in [-0.05, 0) is 24.5 Å². The van der Waals surface area contributed by atoms with Gasteiger partial charge in [0.2, 0.25) is 5.91 Å². The number of carbonyl (C=O) groups is 3. The van der Waals surface area contributed by atoms with E-state index in [1.165, 1.54) is 4.90 Å². The van der Waals surface area contributed by atoms with Gasteiger partial charge in [0.1, 0.15) is 6.61 Å². The standard InChI is InChI=1S/C25H28N2O5/c1-2-31-24(29)22-16-26(14-19-11-7-4-8-12-19)15-21(22)23(28)27-20(17-32-25(27)30)13-18-9-5-3-6-10-18/h3-12,20-22H,2,13-17H2,1H3/t20-,21+,22+/m1/s1. The number of cyclic esters (lactones) is 1. The Hall–Kier alpha value is -3.19. The van der Waals surface area contributed by atoms with Crippen LogP contribution < -0.4 is 0 Å². The van der Waals surface area contributed by atoms with Crippen molar-refractivity contribution in [2.75, 3.05) is 26.3 Å². The molecule has 7 heteroatoms. The number of likely N-dealkylation sites (tertiary alicyclic amines) is 1. The molecule has 2 aliphatic rings. The van der Waals surface area contributed by atoms with Crippen molar-refractivity contribution in [3.05, 3.63) is 71.8 Å². The minimum absolute atomic E-state index is 0.157. The first kappa shape index (κ1) is 22.0. The quantitative estimate of drug-likeness (QED) is 0.622. The molecule has 0 aliphatic carbocycles. The molecule has 7 nitrogen and oxygen atoms in total. The Morgan fingerprint density at radius 1 is 0.969 bits per heavy atom. The summed E-state index contributed by atoms with van der Waals surface area (Å²) in [7, 11) is 0. The zero-order valence-electron chi connectivity index (χ0n) is 18.2. The van der Waals surface area contributed by atoms with E-state index in [0.717, 1.165) is 11.1 Å². The number of benzene rings is 2. The molecule has 2 fully saturated rings. The number of hydrogen-bond acceptors (Lipinski definition) is 6. The Kier molecular flexibility index (Phi) is 6.85. The van der Waals surface area contributed by atoms with E-state index in [-0.39, 0.29) is 25.2 Å². The van der Waals surface area contributed by atoms with E-state index >= 15 is 0 Å². The third-order valence-corrected chi connectivity index (χ3v) is 6.06. The summed E-state index contributed by atoms with van der Waals surface area (Å²) in [5.41, 5.74) is 2.12. The summed E-state index contributed by atoms with van der Waals surface area (Å²) in [4.78, 5) is 42.1. The van der Waals surface area contributed by atoms with Gasteiger partial charge in [-0.1, -0.05) is 60.7 Å². The van der Waals surface area contributed by atoms with Gasteiger partial charge in [0, 0.05) is 19.6 Å². The highest BCUT2D eigenvalue weighted by Gasteiger charge is 2.48. The number of nitrogens with zero attached hydrogens (tertiary/aromatic N) is 2. The fourth-order valence-electron chi connectivity index (χ4n) is 4.54. The Morgan fingerprint density at radius 2 is 1.59 bits per heavy atom. The molecule has 3 atom stereocenters. The molecular weight excluding hydrogens is 408 g/mol. The summed E-state index contributed by atoms with van der Waals surface area (Å²) < 4.78 is 10.5. The number of ether oxygens (including phenoxy) is 2. The van der Waals surface area contributed by atoms with Crippen LogP contribution in [0.2, 0.25) is 0 Å². The average molecular weight is 437 g/mol. The van der Waals surface area contributed by atoms with Gasteiger partial charge in [-0.25, -0.2) is 9.69 Å². The lowest BCUT2D eigenvalue weighted by Gasteiger charge is -2.25. The lowest BCUT2D eigenvalue weighted by molar-refractivity contribution is -0.152. The molecule has 2 amide bonds. The van der Waals surface area contributed by atoms with Crippen molar-refractivity contribution < 1.29 is 23.9 Å². The number of imide groups is 1. The molecule has 0 N–H and O–H groups in total. The zero-order chi connectivity index (χ0) is 22.5. The smallest absolute Gasteiger partial charge is 0.416 e. The number of amides is 2. The number of carbonyl (C=O) groups excluding carboxylic acids is 3. The van der Waals surface area contributed by atoms with Crippen molar-refractivity contribution in [2.45, 2.75) is 25.9 Å². The van der Waals surface area contributed by atoms with Crippen molar-refractivity contribution in [1.29, 1.82) is 0 Å². The normalized spacial score (nSPS) is 23.2. The first-order chi connectivity index (χ1) is 15.6. The summed E-state index contributed by atoms with van der Waals surface area (Å²) >= 11 is 0. The van der Waals surface area contributed by atoms with Crippen LogP contribution in [0.25, 0.3) is 0 Å². The Balaban J connectivity index is 1.52. The number of rotatable bonds is 7. The van der Waals surface area contributed by atoms with Crippen molar-refractivity contribution >= 4 is 18.0 Å². The van der Waals surface area contributed by atoms with Gasteiger partial charge in [-0.3, -0.25) is 14.5 Å². The van der Waals surface area contributed by atoms with Crippen LogP contribution in [0, 0.1) is 11.8 Å². The highest BCUT2D eigenvalue weighted by molar-refractivity contribution is 5.97. The van der Waals surface area contributed by atoms with Crippen LogP contribution in [0.1, 0.15) is 18.1 Å². The van der Waals surface area contributed by atoms with E-state index in [0.29, 0.717) is 26.1 Å². The largest absolute Gasteiger partial charge is 0.466 e. The zero-order valence-corrected chi connectivity index (χ0v) is 18.2. The van der Waals surface area contributed by atoms with Crippen LogP contribution in [-0.4, -0.2) is 60.1 Å².